The van der Waals surface area contributed by atoms with Gasteiger partial charge in [-0.05, 0) is 6.37 Å². The number of hydrogen-bond donors (Lipinski definition) is 0. The van der Waals surface area contributed by atoms with Crippen LogP contribution in [0.5, 0.6) is 0 Å². The fourth-order valence-electron chi connectivity index (χ4n) is 0.807. The fourth-order valence-corrected chi connectivity index (χ4v) is 0.807. The molecule has 0 aliphatic carbocycles. The third-order valence-corrected chi connectivity index (χ3v) is 1.27. The van der Waals surface area contributed by atoms with E-state index in [-0.39, 0.29) is 0 Å². The molecule has 0 aromatic carbocycles. The highest BCUT2D eigenvalue weighted by Crippen LogP contribution is 2.27. The molecule has 9 heavy (non-hydrogen) atoms. The van der Waals surface area contributed by atoms with Crippen molar-refractivity contribution >= 4 is 5.78 Å². The lowest BCUT2D eigenvalue weighted by molar-refractivity contribution is -0.120. The smallest absolute Gasteiger partial charge is 0.168 e. The first-order chi connectivity index (χ1) is 6.21. The van der Waals surface area contributed by atoms with E-state index in [0.717, 1.165) is 0 Å². The van der Waals surface area contributed by atoms with Gasteiger partial charge in [-0.3, -0.25) is 4.79 Å². The zero-order chi connectivity index (χ0) is 10.8. The number of hydrogen-bond acceptors (Lipinski definition) is 3. The molecule has 0 radical (unpaired) electrons. The number of ether oxygens (including phenoxy) is 2. The van der Waals surface area contributed by atoms with E-state index in [2.05, 4.69) is 9.47 Å². The molecule has 0 spiro atoms. The Labute approximate surface area is 60.0 Å². The molecule has 2 aliphatic rings. The van der Waals surface area contributed by atoms with Crippen molar-refractivity contribution in [1.29, 1.82) is 0 Å². The van der Waals surface area contributed by atoms with E-state index in [1.807, 2.05) is 0 Å². The first-order valence-electron chi connectivity index (χ1n) is 5.07. The van der Waals surface area contributed by atoms with E-state index in [1.165, 1.54) is 0 Å². The summed E-state index contributed by atoms with van der Waals surface area (Å²) in [6.45, 7) is -3.07. The van der Waals surface area contributed by atoms with Crippen LogP contribution >= 0.6 is 0 Å². The molecule has 2 atom stereocenters. The molecule has 0 amide bonds. The van der Waals surface area contributed by atoms with Crippen molar-refractivity contribution in [3.05, 3.63) is 0 Å². The average Bonchev–Trinajstić information content (AvgIpc) is 2.31. The molecule has 2 aliphatic heterocycles. The second-order valence-corrected chi connectivity index (χ2v) is 1.86. The topological polar surface area (TPSA) is 35.5 Å². The summed E-state index contributed by atoms with van der Waals surface area (Å²) in [7, 11) is 0. The minimum Gasteiger partial charge on any atom is -0.352 e. The van der Waals surface area contributed by atoms with Crippen LogP contribution in [0.4, 0.5) is 0 Å². The monoisotopic (exact) mass is 133 g/mol. The van der Waals surface area contributed by atoms with Crippen molar-refractivity contribution in [2.24, 2.45) is 5.92 Å². The molecule has 2 heterocycles. The van der Waals surface area contributed by atoms with Gasteiger partial charge in [-0.1, -0.05) is 0 Å². The van der Waals surface area contributed by atoms with E-state index in [9.17, 15) is 4.79 Å². The van der Waals surface area contributed by atoms with Crippen LogP contribution in [0.15, 0.2) is 0 Å². The number of rotatable bonds is 0. The van der Waals surface area contributed by atoms with Gasteiger partial charge in [0, 0.05) is 2.74 Å². The maximum atomic E-state index is 11.2. The van der Waals surface area contributed by atoms with Gasteiger partial charge in [0.05, 0.1) is 16.6 Å². The summed E-state index contributed by atoms with van der Waals surface area (Å²) in [5.41, 5.74) is 0. The van der Waals surface area contributed by atoms with Gasteiger partial charge < -0.3 is 9.47 Å². The van der Waals surface area contributed by atoms with E-state index in [4.69, 9.17) is 6.85 Å². The summed E-state index contributed by atoms with van der Waals surface area (Å²) >= 11 is 0. The van der Waals surface area contributed by atoms with Crippen molar-refractivity contribution in [2.45, 2.75) is 12.6 Å². The Morgan fingerprint density at radius 1 is 1.78 bits per heavy atom. The second kappa shape index (κ2) is 1.78. The number of carbonyl (C=O) groups excluding carboxylic acids is 1. The standard InChI is InChI=1S/C6H8O3/c7-5-3-9-6-4(5)1-2-8-6/h4,6H,1-3H2/t4-,6+/m0/s1/i1D2,2D2,6D. The highest BCUT2D eigenvalue weighted by molar-refractivity contribution is 5.84. The molecule has 2 rings (SSSR count). The van der Waals surface area contributed by atoms with Crippen LogP contribution in [0.25, 0.3) is 0 Å². The first-order valence-corrected chi connectivity index (χ1v) is 2.57. The fraction of sp³-hybridized carbons (Fsp3) is 0.833. The van der Waals surface area contributed by atoms with Gasteiger partial charge in [-0.25, -0.2) is 0 Å². The molecule has 3 nitrogen and oxygen atoms in total. The molecule has 3 heteroatoms. The average molecular weight is 133 g/mol. The van der Waals surface area contributed by atoms with Gasteiger partial charge in [0.1, 0.15) is 6.61 Å². The van der Waals surface area contributed by atoms with Gasteiger partial charge in [0.2, 0.25) is 0 Å². The minimum atomic E-state index is -2.67. The van der Waals surface area contributed by atoms with Crippen LogP contribution in [0.2, 0.25) is 0 Å². The van der Waals surface area contributed by atoms with Gasteiger partial charge in [0.15, 0.2) is 12.0 Å². The first kappa shape index (κ1) is 2.32. The molecular weight excluding hydrogens is 120 g/mol. The van der Waals surface area contributed by atoms with Crippen molar-refractivity contribution in [3.63, 3.8) is 0 Å². The second-order valence-electron chi connectivity index (χ2n) is 1.86. The molecule has 50 valence electrons. The van der Waals surface area contributed by atoms with Crippen LogP contribution in [0, 0.1) is 5.92 Å². The maximum Gasteiger partial charge on any atom is 0.168 e. The van der Waals surface area contributed by atoms with Crippen LogP contribution in [-0.4, -0.2) is 25.2 Å². The predicted molar refractivity (Wildman–Crippen MR) is 28.8 cm³/mol. The van der Waals surface area contributed by atoms with Gasteiger partial charge in [0.25, 0.3) is 0 Å². The normalized spacial score (nSPS) is 69.1. The number of fused-ring (bicyclic) bond motifs is 1. The van der Waals surface area contributed by atoms with Gasteiger partial charge in [-0.2, -0.15) is 0 Å². The maximum absolute atomic E-state index is 11.2. The molecule has 0 aromatic heterocycles. The van der Waals surface area contributed by atoms with Gasteiger partial charge >= 0.3 is 0 Å². The Kier molecular flexibility index (Phi) is 0.461. The quantitative estimate of drug-likeness (QED) is 0.464. The third kappa shape index (κ3) is 0.686. The predicted octanol–water partition coefficient (Wildman–Crippen LogP) is -0.0517. The molecular formula is C6H8O3. The zero-order valence-electron chi connectivity index (χ0n) is 9.51. The van der Waals surface area contributed by atoms with Crippen molar-refractivity contribution < 1.29 is 21.1 Å². The molecule has 0 bridgehead atoms. The lowest BCUT2D eigenvalue weighted by atomic mass is 10.1. The summed E-state index contributed by atoms with van der Waals surface area (Å²) in [6, 6.07) is 0. The molecule has 2 saturated heterocycles. The highest BCUT2D eigenvalue weighted by atomic mass is 16.7. The lowest BCUT2D eigenvalue weighted by Crippen LogP contribution is -2.13. The van der Waals surface area contributed by atoms with E-state index in [0.29, 0.717) is 0 Å². The zero-order valence-corrected chi connectivity index (χ0v) is 4.51. The number of ketones is 1. The SMILES string of the molecule is [2H]C1([2H])O[C@]2([2H])OCC(=O)[C@@H]2C1([2H])[2H]. The van der Waals surface area contributed by atoms with Crippen molar-refractivity contribution in [2.75, 3.05) is 13.2 Å². The van der Waals surface area contributed by atoms with Crippen molar-refractivity contribution in [1.82, 2.24) is 0 Å². The van der Waals surface area contributed by atoms with E-state index >= 15 is 0 Å². The van der Waals surface area contributed by atoms with Crippen LogP contribution < -0.4 is 0 Å². The molecule has 0 N–H and O–H groups in total. The largest absolute Gasteiger partial charge is 0.352 e. The Bertz CT molecular complexity index is 304. The van der Waals surface area contributed by atoms with E-state index in [1.54, 1.807) is 0 Å². The molecule has 0 aromatic rings. The Morgan fingerprint density at radius 2 is 2.67 bits per heavy atom. The third-order valence-electron chi connectivity index (χ3n) is 1.27. The Morgan fingerprint density at radius 3 is 3.44 bits per heavy atom. The van der Waals surface area contributed by atoms with E-state index < -0.39 is 37.5 Å². The summed E-state index contributed by atoms with van der Waals surface area (Å²) < 4.78 is 46.0. The summed E-state index contributed by atoms with van der Waals surface area (Å²) in [6.07, 6.45) is -4.73. The summed E-state index contributed by atoms with van der Waals surface area (Å²) in [5, 5.41) is 0. The molecule has 0 saturated carbocycles. The molecule has 0 unspecified atom stereocenters. The Balaban J connectivity index is 2.48. The molecule has 2 fully saturated rings. The summed E-state index contributed by atoms with van der Waals surface area (Å²) in [5.74, 6) is -2.14. The number of Topliss-reactive ketones (excluding diaryl/α,β-unsaturated/α-hetero) is 1. The van der Waals surface area contributed by atoms with Crippen LogP contribution in [0.3, 0.4) is 0 Å². The van der Waals surface area contributed by atoms with Gasteiger partial charge in [-0.15, -0.1) is 0 Å². The lowest BCUT2D eigenvalue weighted by Gasteiger charge is -2.02. The van der Waals surface area contributed by atoms with Crippen LogP contribution in [0.1, 0.15) is 13.2 Å². The highest BCUT2D eigenvalue weighted by Gasteiger charge is 2.40. The number of carbonyl (C=O) groups is 1. The van der Waals surface area contributed by atoms with Crippen molar-refractivity contribution in [3.8, 4) is 0 Å². The minimum absolute atomic E-state index is 0.399. The van der Waals surface area contributed by atoms with Crippen LogP contribution in [-0.2, 0) is 14.3 Å². The summed E-state index contributed by atoms with van der Waals surface area (Å²) in [4.78, 5) is 11.2. The Hall–Kier alpha value is -0.410.